The Labute approximate surface area is 65.3 Å². The van der Waals surface area contributed by atoms with Crippen LogP contribution in [-0.2, 0) is 4.79 Å². The number of rotatable bonds is 4. The molecule has 4 N–H and O–H groups in total. The Hall–Kier alpha value is -0.490. The summed E-state index contributed by atoms with van der Waals surface area (Å²) >= 11 is 0. The van der Waals surface area contributed by atoms with Gasteiger partial charge in [-0.15, -0.1) is 0 Å². The van der Waals surface area contributed by atoms with Crippen molar-refractivity contribution in [3.63, 3.8) is 0 Å². The number of Topliss-reactive ketones (excluding diaryl/α,β-unsaturated/α-hetero) is 1. The van der Waals surface area contributed by atoms with Crippen LogP contribution >= 0.6 is 0 Å². The molecule has 3 atom stereocenters. The highest BCUT2D eigenvalue weighted by atomic mass is 16.4. The summed E-state index contributed by atoms with van der Waals surface area (Å²) in [5.41, 5.74) is 0. The van der Waals surface area contributed by atoms with E-state index in [9.17, 15) is 4.79 Å². The Kier molecular flexibility index (Phi) is 3.44. The van der Waals surface area contributed by atoms with E-state index in [0.717, 1.165) is 0 Å². The average Bonchev–Trinajstić information content (AvgIpc) is 2.12. The van der Waals surface area contributed by atoms with E-state index in [-0.39, 0.29) is 0 Å². The van der Waals surface area contributed by atoms with Gasteiger partial charge in [-0.25, -0.2) is 0 Å². The van der Waals surface area contributed by atoms with E-state index in [2.05, 4.69) is 0 Å². The lowest BCUT2D eigenvalue weighted by atomic mass is 10.1. The van der Waals surface area contributed by atoms with Crippen molar-refractivity contribution < 1.29 is 26.6 Å². The van der Waals surface area contributed by atoms with Crippen LogP contribution < -0.4 is 0 Å². The maximum absolute atomic E-state index is 10.8. The number of hydrogen-bond donors (Lipinski definition) is 4. The normalized spacial score (nSPS) is 20.2. The summed E-state index contributed by atoms with van der Waals surface area (Å²) in [4.78, 5) is 10.8. The van der Waals surface area contributed by atoms with Gasteiger partial charge in [-0.2, -0.15) is 0 Å². The molecular weight excluding hydrogens is 152 g/mol. The van der Waals surface area contributed by atoms with Crippen molar-refractivity contribution in [1.29, 1.82) is 0 Å². The molecule has 0 aliphatic rings. The second-order valence-electron chi connectivity index (χ2n) is 2.11. The third kappa shape index (κ3) is 2.94. The SMILES string of the molecule is [2H]C[C@@H](O)[C@@H](O)C(=O)[C@H](O)CO. The number of ketones is 1. The largest absolute Gasteiger partial charge is 0.393 e. The van der Waals surface area contributed by atoms with Crippen molar-refractivity contribution in [2.75, 3.05) is 6.61 Å². The molecule has 0 heterocycles. The van der Waals surface area contributed by atoms with E-state index in [4.69, 9.17) is 21.8 Å². The minimum atomic E-state index is -1.80. The summed E-state index contributed by atoms with van der Waals surface area (Å²) in [5, 5.41) is 34.7. The van der Waals surface area contributed by atoms with Gasteiger partial charge in [0.25, 0.3) is 0 Å². The molecule has 11 heavy (non-hydrogen) atoms. The van der Waals surface area contributed by atoms with Crippen LogP contribution in [0, 0.1) is 0 Å². The Morgan fingerprint density at radius 1 is 1.55 bits per heavy atom. The fourth-order valence-corrected chi connectivity index (χ4v) is 0.477. The van der Waals surface area contributed by atoms with Gasteiger partial charge in [0.2, 0.25) is 0 Å². The lowest BCUT2D eigenvalue weighted by molar-refractivity contribution is -0.142. The fraction of sp³-hybridized carbons (Fsp3) is 0.833. The van der Waals surface area contributed by atoms with Gasteiger partial charge in [-0.05, 0) is 6.90 Å². The van der Waals surface area contributed by atoms with Crippen LogP contribution in [0.1, 0.15) is 8.27 Å². The van der Waals surface area contributed by atoms with Crippen LogP contribution in [0.5, 0.6) is 0 Å². The van der Waals surface area contributed by atoms with Crippen LogP contribution in [0.15, 0.2) is 0 Å². The standard InChI is InChI=1S/C6H12O5/c1-3(8)5(10)6(11)4(9)2-7/h3-5,7-10H,2H2,1H3/t3-,4-,5-/m1/s1/i1D. The molecule has 0 saturated heterocycles. The number of hydrogen-bond acceptors (Lipinski definition) is 5. The lowest BCUT2D eigenvalue weighted by Gasteiger charge is -2.14. The first kappa shape index (κ1) is 8.61. The first-order valence-corrected chi connectivity index (χ1v) is 3.02. The lowest BCUT2D eigenvalue weighted by Crippen LogP contribution is -2.40. The first-order chi connectivity index (χ1) is 5.54. The highest BCUT2D eigenvalue weighted by Gasteiger charge is 2.26. The van der Waals surface area contributed by atoms with Crippen LogP contribution in [0.2, 0.25) is 0 Å². The number of aliphatic hydroxyl groups is 4. The quantitative estimate of drug-likeness (QED) is 0.374. The highest BCUT2D eigenvalue weighted by Crippen LogP contribution is 1.97. The second-order valence-corrected chi connectivity index (χ2v) is 2.11. The summed E-state index contributed by atoms with van der Waals surface area (Å²) < 4.78 is 6.62. The Bertz CT molecular complexity index is 151. The minimum Gasteiger partial charge on any atom is -0.393 e. The van der Waals surface area contributed by atoms with Crippen LogP contribution in [0.4, 0.5) is 0 Å². The van der Waals surface area contributed by atoms with Gasteiger partial charge in [-0.1, -0.05) is 0 Å². The molecule has 0 aromatic rings. The third-order valence-electron chi connectivity index (χ3n) is 1.16. The van der Waals surface area contributed by atoms with E-state index in [0.29, 0.717) is 0 Å². The van der Waals surface area contributed by atoms with Gasteiger partial charge < -0.3 is 20.4 Å². The molecule has 0 aliphatic carbocycles. The summed E-state index contributed by atoms with van der Waals surface area (Å²) in [5.74, 6) is -1.07. The molecule has 0 amide bonds. The monoisotopic (exact) mass is 165 g/mol. The maximum Gasteiger partial charge on any atom is 0.194 e. The van der Waals surface area contributed by atoms with Crippen LogP contribution in [0.3, 0.4) is 0 Å². The predicted octanol–water partition coefficient (Wildman–Crippen LogP) is -2.35. The van der Waals surface area contributed by atoms with Crippen molar-refractivity contribution in [3.8, 4) is 0 Å². The summed E-state index contributed by atoms with van der Waals surface area (Å²) in [6.45, 7) is -1.34. The number of carbonyl (C=O) groups excluding carboxylic acids is 1. The second kappa shape index (κ2) is 4.40. The van der Waals surface area contributed by atoms with E-state index in [1.54, 1.807) is 0 Å². The van der Waals surface area contributed by atoms with Gasteiger partial charge in [0.1, 0.15) is 12.2 Å². The molecule has 5 nitrogen and oxygen atoms in total. The maximum atomic E-state index is 10.8. The van der Waals surface area contributed by atoms with Gasteiger partial charge in [0, 0.05) is 1.37 Å². The molecule has 0 spiro atoms. The molecular formula is C6H12O5. The molecule has 5 heteroatoms. The molecule has 0 fully saturated rings. The molecule has 0 unspecified atom stereocenters. The molecule has 0 rings (SSSR count). The van der Waals surface area contributed by atoms with E-state index < -0.39 is 37.6 Å². The Morgan fingerprint density at radius 2 is 2.09 bits per heavy atom. The van der Waals surface area contributed by atoms with Crippen molar-refractivity contribution in [3.05, 3.63) is 0 Å². The fourth-order valence-electron chi connectivity index (χ4n) is 0.477. The number of carbonyl (C=O) groups is 1. The average molecular weight is 165 g/mol. The van der Waals surface area contributed by atoms with Crippen molar-refractivity contribution in [1.82, 2.24) is 0 Å². The smallest absolute Gasteiger partial charge is 0.194 e. The zero-order valence-electron chi connectivity index (χ0n) is 6.84. The zero-order valence-corrected chi connectivity index (χ0v) is 5.84. The molecule has 0 aromatic heterocycles. The molecule has 0 radical (unpaired) electrons. The van der Waals surface area contributed by atoms with Crippen molar-refractivity contribution >= 4 is 5.78 Å². The van der Waals surface area contributed by atoms with Crippen LogP contribution in [-0.4, -0.2) is 51.1 Å². The summed E-state index contributed by atoms with van der Waals surface area (Å²) in [7, 11) is 0. The predicted molar refractivity (Wildman–Crippen MR) is 35.8 cm³/mol. The summed E-state index contributed by atoms with van der Waals surface area (Å²) in [6, 6.07) is 0. The van der Waals surface area contributed by atoms with Crippen molar-refractivity contribution in [2.45, 2.75) is 25.2 Å². The van der Waals surface area contributed by atoms with Gasteiger partial charge in [-0.3, -0.25) is 4.79 Å². The third-order valence-corrected chi connectivity index (χ3v) is 1.16. The minimum absolute atomic E-state index is 0.537. The topological polar surface area (TPSA) is 98.0 Å². The molecule has 0 aromatic carbocycles. The molecule has 66 valence electrons. The van der Waals surface area contributed by atoms with E-state index >= 15 is 0 Å². The first-order valence-electron chi connectivity index (χ1n) is 3.73. The van der Waals surface area contributed by atoms with Gasteiger partial charge >= 0.3 is 0 Å². The van der Waals surface area contributed by atoms with Gasteiger partial charge in [0.05, 0.1) is 12.7 Å². The molecule has 0 bridgehead atoms. The van der Waals surface area contributed by atoms with Crippen LogP contribution in [0.25, 0.3) is 0 Å². The van der Waals surface area contributed by atoms with Gasteiger partial charge in [0.15, 0.2) is 5.78 Å². The molecule has 0 aliphatic heterocycles. The Morgan fingerprint density at radius 3 is 2.45 bits per heavy atom. The van der Waals surface area contributed by atoms with Crippen molar-refractivity contribution in [2.24, 2.45) is 0 Å². The highest BCUT2D eigenvalue weighted by molar-refractivity contribution is 5.87. The Balaban J connectivity index is 4.09. The summed E-state index contributed by atoms with van der Waals surface area (Å²) in [6.07, 6.45) is -5.01. The van der Waals surface area contributed by atoms with E-state index in [1.165, 1.54) is 0 Å². The zero-order chi connectivity index (χ0) is 9.72. The molecule has 0 saturated carbocycles. The van der Waals surface area contributed by atoms with E-state index in [1.807, 2.05) is 0 Å². The number of aliphatic hydroxyl groups excluding tert-OH is 4.